The Balaban J connectivity index is 1.56. The Hall–Kier alpha value is -2.17. The molecule has 5 heteroatoms. The van der Waals surface area contributed by atoms with Crippen LogP contribution in [0.15, 0.2) is 34.5 Å². The van der Waals surface area contributed by atoms with E-state index in [-0.39, 0.29) is 5.91 Å². The average molecular weight is 354 g/mol. The van der Waals surface area contributed by atoms with E-state index >= 15 is 0 Å². The molecule has 2 fully saturated rings. The first kappa shape index (κ1) is 18.6. The highest BCUT2D eigenvalue weighted by atomic mass is 16.2. The van der Waals surface area contributed by atoms with Crippen LogP contribution in [0.1, 0.15) is 75.6 Å². The molecule has 5 nitrogen and oxygen atoms in total. The maximum Gasteiger partial charge on any atom is 0.271 e. The molecular formula is C21H30N4O. The molecule has 2 aliphatic carbocycles. The Morgan fingerprint density at radius 3 is 2.04 bits per heavy atom. The van der Waals surface area contributed by atoms with Crippen LogP contribution in [0.4, 0.5) is 5.69 Å². The Labute approximate surface area is 156 Å². The van der Waals surface area contributed by atoms with Crippen molar-refractivity contribution in [2.75, 3.05) is 5.43 Å². The van der Waals surface area contributed by atoms with E-state index in [9.17, 15) is 4.79 Å². The summed E-state index contributed by atoms with van der Waals surface area (Å²) in [5.74, 6) is 0.869. The van der Waals surface area contributed by atoms with Gasteiger partial charge in [0.1, 0.15) is 0 Å². The molecular weight excluding hydrogens is 324 g/mol. The van der Waals surface area contributed by atoms with Crippen LogP contribution in [-0.2, 0) is 0 Å². The summed E-state index contributed by atoms with van der Waals surface area (Å²) in [6.07, 6.45) is 9.40. The fourth-order valence-corrected chi connectivity index (χ4v) is 3.69. The zero-order valence-corrected chi connectivity index (χ0v) is 15.9. The average Bonchev–Trinajstić information content (AvgIpc) is 2.67. The van der Waals surface area contributed by atoms with Crippen LogP contribution in [0, 0.1) is 11.8 Å². The van der Waals surface area contributed by atoms with Crippen molar-refractivity contribution in [1.29, 1.82) is 0 Å². The molecule has 0 radical (unpaired) electrons. The molecule has 26 heavy (non-hydrogen) atoms. The lowest BCUT2D eigenvalue weighted by molar-refractivity contribution is 0.0954. The van der Waals surface area contributed by atoms with Crippen molar-refractivity contribution in [3.05, 3.63) is 29.8 Å². The number of hydrogen-bond donors (Lipinski definition) is 2. The molecule has 2 saturated carbocycles. The number of carbonyl (C=O) groups excluding carboxylic acids is 1. The second-order valence-corrected chi connectivity index (χ2v) is 7.63. The van der Waals surface area contributed by atoms with Gasteiger partial charge in [-0.05, 0) is 74.6 Å². The van der Waals surface area contributed by atoms with Gasteiger partial charge in [-0.1, -0.05) is 26.7 Å². The first-order valence-corrected chi connectivity index (χ1v) is 9.93. The number of nitrogens with one attached hydrogen (secondary N) is 2. The third-order valence-corrected chi connectivity index (χ3v) is 5.55. The molecule has 0 aromatic heterocycles. The fourth-order valence-electron chi connectivity index (χ4n) is 3.69. The van der Waals surface area contributed by atoms with E-state index in [0.717, 1.165) is 30.7 Å². The highest BCUT2D eigenvalue weighted by Crippen LogP contribution is 2.22. The first-order valence-electron chi connectivity index (χ1n) is 9.93. The monoisotopic (exact) mass is 354 g/mol. The zero-order valence-electron chi connectivity index (χ0n) is 15.9. The van der Waals surface area contributed by atoms with Crippen LogP contribution >= 0.6 is 0 Å². The lowest BCUT2D eigenvalue weighted by Gasteiger charge is -2.20. The third-order valence-electron chi connectivity index (χ3n) is 5.55. The van der Waals surface area contributed by atoms with Crippen LogP contribution < -0.4 is 10.9 Å². The van der Waals surface area contributed by atoms with Crippen LogP contribution in [0.3, 0.4) is 0 Å². The Morgan fingerprint density at radius 1 is 0.885 bits per heavy atom. The molecule has 1 aromatic carbocycles. The smallest absolute Gasteiger partial charge is 0.271 e. The van der Waals surface area contributed by atoms with Crippen molar-refractivity contribution in [3.8, 4) is 0 Å². The van der Waals surface area contributed by atoms with Gasteiger partial charge < -0.3 is 0 Å². The predicted molar refractivity (Wildman–Crippen MR) is 108 cm³/mol. The van der Waals surface area contributed by atoms with Gasteiger partial charge in [0.05, 0.1) is 5.69 Å². The number of rotatable bonds is 4. The molecule has 3 rings (SSSR count). The fraction of sp³-hybridized carbons (Fsp3) is 0.571. The van der Waals surface area contributed by atoms with Crippen molar-refractivity contribution in [2.24, 2.45) is 22.0 Å². The van der Waals surface area contributed by atoms with Crippen LogP contribution in [-0.4, -0.2) is 17.3 Å². The normalized spacial score (nSPS) is 26.7. The topological polar surface area (TPSA) is 65.8 Å². The summed E-state index contributed by atoms with van der Waals surface area (Å²) in [4.78, 5) is 12.3. The number of nitrogens with zero attached hydrogens (tertiary/aromatic N) is 2. The van der Waals surface area contributed by atoms with Crippen LogP contribution in [0.5, 0.6) is 0 Å². The molecule has 2 N–H and O–H groups in total. The van der Waals surface area contributed by atoms with Crippen molar-refractivity contribution >= 4 is 23.0 Å². The van der Waals surface area contributed by atoms with E-state index in [2.05, 4.69) is 34.9 Å². The molecule has 1 aromatic rings. The first-order chi connectivity index (χ1) is 12.6. The van der Waals surface area contributed by atoms with Gasteiger partial charge in [-0.15, -0.1) is 0 Å². The maximum atomic E-state index is 12.3. The van der Waals surface area contributed by atoms with Crippen molar-refractivity contribution < 1.29 is 4.79 Å². The molecule has 0 aliphatic heterocycles. The number of hydrazone groups is 2. The molecule has 2 atom stereocenters. The number of hydrogen-bond acceptors (Lipinski definition) is 4. The molecule has 0 heterocycles. The number of benzene rings is 1. The highest BCUT2D eigenvalue weighted by Gasteiger charge is 2.17. The van der Waals surface area contributed by atoms with Gasteiger partial charge >= 0.3 is 0 Å². The van der Waals surface area contributed by atoms with Gasteiger partial charge in [-0.25, -0.2) is 5.43 Å². The number of amides is 1. The molecule has 140 valence electrons. The summed E-state index contributed by atoms with van der Waals surface area (Å²) < 4.78 is 0. The Bertz CT molecular complexity index is 678. The maximum absolute atomic E-state index is 12.3. The van der Waals surface area contributed by atoms with Crippen LogP contribution in [0.2, 0.25) is 0 Å². The minimum atomic E-state index is -0.158. The van der Waals surface area contributed by atoms with E-state index < -0.39 is 0 Å². The standard InChI is InChI=1S/C21H30N4O/c1-15-7-3-5-9-19(15)23-22-18-13-11-17(12-14-18)21(26)25-24-20-10-6-4-8-16(20)2/h11-16,22H,3-10H2,1-2H3,(H,25,26)/b23-19?,24-20-/t15-,16+/m1/s1. The lowest BCUT2D eigenvalue weighted by atomic mass is 9.89. The van der Waals surface area contributed by atoms with E-state index in [0.29, 0.717) is 17.4 Å². The summed E-state index contributed by atoms with van der Waals surface area (Å²) in [6.45, 7) is 4.42. The molecule has 1 amide bonds. The largest absolute Gasteiger partial charge is 0.279 e. The summed E-state index contributed by atoms with van der Waals surface area (Å²) >= 11 is 0. The van der Waals surface area contributed by atoms with Gasteiger partial charge in [0.2, 0.25) is 0 Å². The van der Waals surface area contributed by atoms with Crippen molar-refractivity contribution in [2.45, 2.75) is 65.2 Å². The highest BCUT2D eigenvalue weighted by molar-refractivity contribution is 5.96. The zero-order chi connectivity index (χ0) is 18.4. The quantitative estimate of drug-likeness (QED) is 0.751. The van der Waals surface area contributed by atoms with E-state index in [1.165, 1.54) is 37.8 Å². The Kier molecular flexibility index (Phi) is 6.42. The molecule has 2 aliphatic rings. The molecule has 0 unspecified atom stereocenters. The second kappa shape index (κ2) is 8.97. The van der Waals surface area contributed by atoms with Crippen LogP contribution in [0.25, 0.3) is 0 Å². The summed E-state index contributed by atoms with van der Waals surface area (Å²) in [5.41, 5.74) is 9.71. The lowest BCUT2D eigenvalue weighted by Crippen LogP contribution is -2.24. The van der Waals surface area contributed by atoms with Gasteiger partial charge in [-0.3, -0.25) is 10.2 Å². The van der Waals surface area contributed by atoms with E-state index in [4.69, 9.17) is 0 Å². The summed E-state index contributed by atoms with van der Waals surface area (Å²) in [5, 5.41) is 8.91. The molecule has 0 spiro atoms. The van der Waals surface area contributed by atoms with Gasteiger partial charge in [0, 0.05) is 17.0 Å². The minimum Gasteiger partial charge on any atom is -0.279 e. The summed E-state index contributed by atoms with van der Waals surface area (Å²) in [6, 6.07) is 7.41. The van der Waals surface area contributed by atoms with Gasteiger partial charge in [0.15, 0.2) is 0 Å². The van der Waals surface area contributed by atoms with E-state index in [1.807, 2.05) is 24.3 Å². The number of carbonyl (C=O) groups is 1. The van der Waals surface area contributed by atoms with Gasteiger partial charge in [-0.2, -0.15) is 10.2 Å². The minimum absolute atomic E-state index is 0.158. The summed E-state index contributed by atoms with van der Waals surface area (Å²) in [7, 11) is 0. The number of anilines is 1. The Morgan fingerprint density at radius 2 is 1.46 bits per heavy atom. The van der Waals surface area contributed by atoms with E-state index in [1.54, 1.807) is 0 Å². The molecule has 0 bridgehead atoms. The molecule has 0 saturated heterocycles. The second-order valence-electron chi connectivity index (χ2n) is 7.63. The van der Waals surface area contributed by atoms with Crippen molar-refractivity contribution in [1.82, 2.24) is 5.43 Å². The van der Waals surface area contributed by atoms with Gasteiger partial charge in [0.25, 0.3) is 5.91 Å². The predicted octanol–water partition coefficient (Wildman–Crippen LogP) is 4.96. The third kappa shape index (κ3) is 4.93. The SMILES string of the molecule is C[C@@H]1CCCCC1=NNc1ccc(C(=O)N/N=C2/CCCC[C@@H]2C)cc1. The van der Waals surface area contributed by atoms with Crippen molar-refractivity contribution in [3.63, 3.8) is 0 Å².